The third-order valence-electron chi connectivity index (χ3n) is 6.47. The summed E-state index contributed by atoms with van der Waals surface area (Å²) >= 11 is 0. The Morgan fingerprint density at radius 3 is 2.63 bits per heavy atom. The molecule has 178 valence electrons. The van der Waals surface area contributed by atoms with E-state index < -0.39 is 11.2 Å². The van der Waals surface area contributed by atoms with E-state index in [4.69, 9.17) is 10.2 Å². The number of aryl methyl sites for hydroxylation is 1. The maximum Gasteiger partial charge on any atom is 0.332 e. The predicted octanol–water partition coefficient (Wildman–Crippen LogP) is 0.770. The van der Waals surface area contributed by atoms with E-state index in [2.05, 4.69) is 33.4 Å². The SMILES string of the molecule is Cn1c(=O)c2c(nc(N3CCN[C@H](Cc4ccccc4)C3)n2Cc2ccc(C#N)cn2)n(C)c1=O. The zero-order valence-electron chi connectivity index (χ0n) is 19.7. The van der Waals surface area contributed by atoms with Gasteiger partial charge in [0.1, 0.15) is 6.07 Å². The molecule has 0 aliphatic carbocycles. The number of pyridine rings is 1. The summed E-state index contributed by atoms with van der Waals surface area (Å²) in [6, 6.07) is 16.1. The average Bonchev–Trinajstić information content (AvgIpc) is 3.26. The van der Waals surface area contributed by atoms with Crippen LogP contribution in [-0.4, -0.2) is 49.3 Å². The third-order valence-corrected chi connectivity index (χ3v) is 6.47. The van der Waals surface area contributed by atoms with Gasteiger partial charge in [-0.2, -0.15) is 10.2 Å². The van der Waals surface area contributed by atoms with E-state index in [9.17, 15) is 9.59 Å². The maximum absolute atomic E-state index is 13.2. The largest absolute Gasteiger partial charge is 0.339 e. The van der Waals surface area contributed by atoms with Gasteiger partial charge < -0.3 is 10.2 Å². The first-order chi connectivity index (χ1) is 17.0. The van der Waals surface area contributed by atoms with Gasteiger partial charge in [0.05, 0.1) is 17.8 Å². The number of nitrogens with zero attached hydrogens (tertiary/aromatic N) is 7. The molecule has 1 aromatic carbocycles. The van der Waals surface area contributed by atoms with Crippen molar-refractivity contribution in [2.45, 2.75) is 19.0 Å². The van der Waals surface area contributed by atoms with Crippen molar-refractivity contribution < 1.29 is 0 Å². The molecule has 4 heterocycles. The van der Waals surface area contributed by atoms with Gasteiger partial charge in [-0.25, -0.2) is 4.79 Å². The number of anilines is 1. The highest BCUT2D eigenvalue weighted by Crippen LogP contribution is 2.23. The van der Waals surface area contributed by atoms with E-state index in [1.165, 1.54) is 23.4 Å². The van der Waals surface area contributed by atoms with Crippen LogP contribution in [0.3, 0.4) is 0 Å². The first-order valence-corrected chi connectivity index (χ1v) is 11.5. The van der Waals surface area contributed by atoms with Crippen molar-refractivity contribution in [3.63, 3.8) is 0 Å². The number of aromatic nitrogens is 5. The van der Waals surface area contributed by atoms with Crippen LogP contribution in [0.2, 0.25) is 0 Å². The predicted molar refractivity (Wildman–Crippen MR) is 132 cm³/mol. The molecule has 0 unspecified atom stereocenters. The zero-order chi connectivity index (χ0) is 24.5. The van der Waals surface area contributed by atoms with Crippen LogP contribution in [0.1, 0.15) is 16.8 Å². The Bertz CT molecular complexity index is 1530. The summed E-state index contributed by atoms with van der Waals surface area (Å²) < 4.78 is 4.36. The standard InChI is InChI=1S/C25H26N8O2/c1-30-22-21(23(34)31(2)25(30)35)33(16-19-9-8-18(13-26)14-28-19)24(29-22)32-11-10-27-20(15-32)12-17-6-4-3-5-7-17/h3-9,14,20,27H,10-12,15-16H2,1-2H3/t20-/m1/s1. The summed E-state index contributed by atoms with van der Waals surface area (Å²) in [5.74, 6) is 0.629. The van der Waals surface area contributed by atoms with Crippen LogP contribution in [-0.2, 0) is 27.1 Å². The first kappa shape index (κ1) is 22.6. The number of nitriles is 1. The zero-order valence-corrected chi connectivity index (χ0v) is 19.7. The average molecular weight is 471 g/mol. The van der Waals surface area contributed by atoms with Gasteiger partial charge in [-0.05, 0) is 24.1 Å². The molecule has 1 aliphatic rings. The lowest BCUT2D eigenvalue weighted by Crippen LogP contribution is -2.52. The summed E-state index contributed by atoms with van der Waals surface area (Å²) in [5.41, 5.74) is 2.29. The summed E-state index contributed by atoms with van der Waals surface area (Å²) in [5, 5.41) is 12.7. The second kappa shape index (κ2) is 9.19. The van der Waals surface area contributed by atoms with Crippen LogP contribution in [0.4, 0.5) is 5.95 Å². The molecule has 0 saturated carbocycles. The molecule has 1 saturated heterocycles. The second-order valence-electron chi connectivity index (χ2n) is 8.81. The number of hydrogen-bond acceptors (Lipinski definition) is 7. The molecule has 4 aromatic rings. The van der Waals surface area contributed by atoms with Gasteiger partial charge in [0.2, 0.25) is 5.95 Å². The number of piperazine rings is 1. The van der Waals surface area contributed by atoms with E-state index in [1.807, 2.05) is 22.8 Å². The molecule has 1 aliphatic heterocycles. The lowest BCUT2D eigenvalue weighted by Gasteiger charge is -2.34. The molecule has 10 heteroatoms. The third kappa shape index (κ3) is 4.22. The Balaban J connectivity index is 1.58. The van der Waals surface area contributed by atoms with Crippen LogP contribution in [0, 0.1) is 11.3 Å². The smallest absolute Gasteiger partial charge is 0.332 e. The van der Waals surface area contributed by atoms with Crippen molar-refractivity contribution in [1.82, 2.24) is 29.0 Å². The van der Waals surface area contributed by atoms with Gasteiger partial charge in [0.15, 0.2) is 11.2 Å². The molecule has 0 amide bonds. The van der Waals surface area contributed by atoms with E-state index in [0.29, 0.717) is 41.5 Å². The molecular weight excluding hydrogens is 444 g/mol. The molecule has 1 N–H and O–H groups in total. The van der Waals surface area contributed by atoms with E-state index in [-0.39, 0.29) is 12.6 Å². The molecule has 1 atom stereocenters. The highest BCUT2D eigenvalue weighted by Gasteiger charge is 2.27. The first-order valence-electron chi connectivity index (χ1n) is 11.5. The summed E-state index contributed by atoms with van der Waals surface area (Å²) in [6.07, 6.45) is 2.39. The monoisotopic (exact) mass is 470 g/mol. The topological polar surface area (TPSA) is 114 Å². The molecule has 1 fully saturated rings. The molecule has 3 aromatic heterocycles. The van der Waals surface area contributed by atoms with E-state index >= 15 is 0 Å². The quantitative estimate of drug-likeness (QED) is 0.458. The van der Waals surface area contributed by atoms with E-state index in [0.717, 1.165) is 17.5 Å². The van der Waals surface area contributed by atoms with Crippen molar-refractivity contribution in [3.8, 4) is 6.07 Å². The Hall–Kier alpha value is -4.23. The second-order valence-corrected chi connectivity index (χ2v) is 8.81. The fourth-order valence-electron chi connectivity index (χ4n) is 4.61. The van der Waals surface area contributed by atoms with Crippen LogP contribution in [0.25, 0.3) is 11.2 Å². The Morgan fingerprint density at radius 2 is 1.91 bits per heavy atom. The minimum absolute atomic E-state index is 0.208. The maximum atomic E-state index is 13.2. The van der Waals surface area contributed by atoms with Gasteiger partial charge in [-0.1, -0.05) is 30.3 Å². The molecule has 0 radical (unpaired) electrons. The van der Waals surface area contributed by atoms with Crippen LogP contribution >= 0.6 is 0 Å². The van der Waals surface area contributed by atoms with Gasteiger partial charge in [-0.15, -0.1) is 0 Å². The highest BCUT2D eigenvalue weighted by atomic mass is 16.2. The lowest BCUT2D eigenvalue weighted by molar-refractivity contribution is 0.447. The number of rotatable bonds is 5. The number of fused-ring (bicyclic) bond motifs is 1. The summed E-state index contributed by atoms with van der Waals surface area (Å²) in [7, 11) is 3.10. The number of imidazole rings is 1. The molecule has 5 rings (SSSR count). The molecular formula is C25H26N8O2. The van der Waals surface area contributed by atoms with Crippen LogP contribution < -0.4 is 21.5 Å². The fourth-order valence-corrected chi connectivity index (χ4v) is 4.61. The number of benzene rings is 1. The molecule has 10 nitrogen and oxygen atoms in total. The fraction of sp³-hybridized carbons (Fsp3) is 0.320. The van der Waals surface area contributed by atoms with Crippen molar-refractivity contribution in [1.29, 1.82) is 5.26 Å². The van der Waals surface area contributed by atoms with Crippen molar-refractivity contribution in [3.05, 3.63) is 86.3 Å². The highest BCUT2D eigenvalue weighted by molar-refractivity contribution is 5.74. The molecule has 0 bridgehead atoms. The van der Waals surface area contributed by atoms with Gasteiger partial charge in [0.25, 0.3) is 5.56 Å². The van der Waals surface area contributed by atoms with Gasteiger partial charge >= 0.3 is 5.69 Å². The summed E-state index contributed by atoms with van der Waals surface area (Å²) in [6.45, 7) is 2.47. The normalized spacial score (nSPS) is 15.9. The number of nitrogens with one attached hydrogen (secondary N) is 1. The molecule has 0 spiro atoms. The van der Waals surface area contributed by atoms with Gasteiger partial charge in [0, 0.05) is 46.0 Å². The molecule has 35 heavy (non-hydrogen) atoms. The van der Waals surface area contributed by atoms with Crippen molar-refractivity contribution in [2.75, 3.05) is 24.5 Å². The summed E-state index contributed by atoms with van der Waals surface area (Å²) in [4.78, 5) is 37.2. The Morgan fingerprint density at radius 1 is 1.11 bits per heavy atom. The minimum atomic E-state index is -0.419. The Kier molecular flexibility index (Phi) is 5.93. The van der Waals surface area contributed by atoms with Gasteiger partial charge in [-0.3, -0.25) is 23.5 Å². The van der Waals surface area contributed by atoms with Crippen LogP contribution in [0.15, 0.2) is 58.3 Å². The Labute approximate surface area is 201 Å². The van der Waals surface area contributed by atoms with Crippen molar-refractivity contribution in [2.24, 2.45) is 14.1 Å². The van der Waals surface area contributed by atoms with E-state index in [1.54, 1.807) is 19.2 Å². The lowest BCUT2D eigenvalue weighted by atomic mass is 10.0. The number of hydrogen-bond donors (Lipinski definition) is 1. The van der Waals surface area contributed by atoms with Crippen molar-refractivity contribution >= 4 is 17.1 Å². The van der Waals surface area contributed by atoms with Crippen LogP contribution in [0.5, 0.6) is 0 Å². The minimum Gasteiger partial charge on any atom is -0.339 e.